The van der Waals surface area contributed by atoms with Crippen LogP contribution in [0.1, 0.15) is 41.4 Å². The monoisotopic (exact) mass is 411 g/mol. The van der Waals surface area contributed by atoms with E-state index in [0.717, 1.165) is 5.56 Å². The first kappa shape index (κ1) is 23.4. The number of carbonyl (C=O) groups is 2. The van der Waals surface area contributed by atoms with Crippen LogP contribution in [0.3, 0.4) is 0 Å². The summed E-state index contributed by atoms with van der Waals surface area (Å²) in [4.78, 5) is 27.6. The summed E-state index contributed by atoms with van der Waals surface area (Å²) in [5.41, 5.74) is 2.82. The summed E-state index contributed by atoms with van der Waals surface area (Å²) in [5, 5.41) is 5.88. The predicted octanol–water partition coefficient (Wildman–Crippen LogP) is 3.18. The van der Waals surface area contributed by atoms with Crippen LogP contribution in [0.15, 0.2) is 48.5 Å². The fourth-order valence-corrected chi connectivity index (χ4v) is 3.20. The molecule has 2 rings (SSSR count). The third-order valence-corrected chi connectivity index (χ3v) is 5.14. The molecule has 0 saturated heterocycles. The van der Waals surface area contributed by atoms with E-state index in [2.05, 4.69) is 46.7 Å². The SMILES string of the molecule is COc1ccc(C(=O)NC(C(=O)NCC(c2ccc(C)cc2)N(C)C)C(C)C)cc1. The Kier molecular flexibility index (Phi) is 8.42. The van der Waals surface area contributed by atoms with E-state index in [-0.39, 0.29) is 23.8 Å². The van der Waals surface area contributed by atoms with E-state index in [4.69, 9.17) is 4.74 Å². The molecular formula is C24H33N3O3. The lowest BCUT2D eigenvalue weighted by molar-refractivity contribution is -0.124. The van der Waals surface area contributed by atoms with Crippen molar-refractivity contribution in [3.8, 4) is 5.75 Å². The maximum atomic E-state index is 12.9. The number of carbonyl (C=O) groups excluding carboxylic acids is 2. The van der Waals surface area contributed by atoms with E-state index < -0.39 is 6.04 Å². The minimum Gasteiger partial charge on any atom is -0.497 e. The van der Waals surface area contributed by atoms with E-state index in [0.29, 0.717) is 17.9 Å². The number of nitrogens with zero attached hydrogens (tertiary/aromatic N) is 1. The van der Waals surface area contributed by atoms with Crippen molar-refractivity contribution in [3.63, 3.8) is 0 Å². The van der Waals surface area contributed by atoms with Crippen LogP contribution in [0.25, 0.3) is 0 Å². The molecule has 2 aromatic carbocycles. The zero-order valence-electron chi connectivity index (χ0n) is 18.7. The molecule has 0 spiro atoms. The molecule has 0 heterocycles. The van der Waals surface area contributed by atoms with Crippen LogP contribution >= 0.6 is 0 Å². The maximum Gasteiger partial charge on any atom is 0.251 e. The summed E-state index contributed by atoms with van der Waals surface area (Å²) in [5.74, 6) is 0.153. The number of likely N-dealkylation sites (N-methyl/N-ethyl adjacent to an activating group) is 1. The standard InChI is InChI=1S/C24H33N3O3/c1-16(2)22(26-23(28)19-11-13-20(30-6)14-12-19)24(29)25-15-21(27(4)5)18-9-7-17(3)8-10-18/h7-14,16,21-22H,15H2,1-6H3,(H,25,29)(H,26,28). The van der Waals surface area contributed by atoms with Gasteiger partial charge < -0.3 is 20.3 Å². The van der Waals surface area contributed by atoms with Gasteiger partial charge in [0.2, 0.25) is 5.91 Å². The molecule has 2 atom stereocenters. The van der Waals surface area contributed by atoms with E-state index in [1.54, 1.807) is 31.4 Å². The van der Waals surface area contributed by atoms with Gasteiger partial charge in [0.05, 0.1) is 13.2 Å². The lowest BCUT2D eigenvalue weighted by atomic mass is 10.0. The van der Waals surface area contributed by atoms with Crippen molar-refractivity contribution in [1.82, 2.24) is 15.5 Å². The number of amides is 2. The molecule has 0 aliphatic carbocycles. The van der Waals surface area contributed by atoms with Crippen LogP contribution < -0.4 is 15.4 Å². The van der Waals surface area contributed by atoms with Crippen molar-refractivity contribution >= 4 is 11.8 Å². The molecule has 162 valence electrons. The summed E-state index contributed by atoms with van der Waals surface area (Å²) < 4.78 is 5.12. The molecule has 30 heavy (non-hydrogen) atoms. The van der Waals surface area contributed by atoms with E-state index in [1.807, 2.05) is 27.9 Å². The molecule has 0 bridgehead atoms. The second-order valence-electron chi connectivity index (χ2n) is 8.06. The van der Waals surface area contributed by atoms with Crippen LogP contribution in [0.4, 0.5) is 0 Å². The first-order valence-corrected chi connectivity index (χ1v) is 10.2. The molecule has 2 unspecified atom stereocenters. The van der Waals surface area contributed by atoms with Crippen molar-refractivity contribution in [3.05, 3.63) is 65.2 Å². The highest BCUT2D eigenvalue weighted by atomic mass is 16.5. The molecule has 6 nitrogen and oxygen atoms in total. The smallest absolute Gasteiger partial charge is 0.251 e. The van der Waals surface area contributed by atoms with Gasteiger partial charge >= 0.3 is 0 Å². The molecule has 0 fully saturated rings. The van der Waals surface area contributed by atoms with Crippen LogP contribution in [-0.2, 0) is 4.79 Å². The van der Waals surface area contributed by atoms with E-state index in [9.17, 15) is 9.59 Å². The Morgan fingerprint density at radius 1 is 1.00 bits per heavy atom. The van der Waals surface area contributed by atoms with Crippen LogP contribution in [0, 0.1) is 12.8 Å². The average molecular weight is 412 g/mol. The number of aryl methyl sites for hydroxylation is 1. The molecule has 2 aromatic rings. The van der Waals surface area contributed by atoms with Gasteiger partial charge in [0.25, 0.3) is 5.91 Å². The second-order valence-corrected chi connectivity index (χ2v) is 8.06. The highest BCUT2D eigenvalue weighted by molar-refractivity contribution is 5.97. The summed E-state index contributed by atoms with van der Waals surface area (Å²) in [6, 6.07) is 14.5. The molecular weight excluding hydrogens is 378 g/mol. The van der Waals surface area contributed by atoms with Crippen LogP contribution in [-0.4, -0.2) is 50.5 Å². The highest BCUT2D eigenvalue weighted by Gasteiger charge is 2.26. The Hall–Kier alpha value is -2.86. The topological polar surface area (TPSA) is 70.7 Å². The first-order chi connectivity index (χ1) is 14.2. The normalized spacial score (nSPS) is 13.1. The van der Waals surface area contributed by atoms with Crippen molar-refractivity contribution in [2.45, 2.75) is 32.9 Å². The summed E-state index contributed by atoms with van der Waals surface area (Å²) in [6.45, 7) is 6.34. The van der Waals surface area contributed by atoms with Gasteiger partial charge in [-0.1, -0.05) is 43.7 Å². The Bertz CT molecular complexity index is 830. The number of ether oxygens (including phenoxy) is 1. The Morgan fingerprint density at radius 3 is 2.10 bits per heavy atom. The molecule has 0 aliphatic heterocycles. The van der Waals surface area contributed by atoms with Gasteiger partial charge in [-0.15, -0.1) is 0 Å². The van der Waals surface area contributed by atoms with Gasteiger partial charge in [-0.05, 0) is 56.8 Å². The number of benzene rings is 2. The number of hydrogen-bond acceptors (Lipinski definition) is 4. The minimum atomic E-state index is -0.625. The van der Waals surface area contributed by atoms with Gasteiger partial charge in [0.15, 0.2) is 0 Å². The largest absolute Gasteiger partial charge is 0.497 e. The third-order valence-electron chi connectivity index (χ3n) is 5.14. The van der Waals surface area contributed by atoms with Gasteiger partial charge in [0, 0.05) is 12.1 Å². The quantitative estimate of drug-likeness (QED) is 0.665. The molecule has 0 radical (unpaired) electrons. The fraction of sp³-hybridized carbons (Fsp3) is 0.417. The zero-order valence-corrected chi connectivity index (χ0v) is 18.7. The molecule has 0 saturated carbocycles. The number of nitrogens with one attached hydrogen (secondary N) is 2. The summed E-state index contributed by atoms with van der Waals surface area (Å²) in [6.07, 6.45) is 0. The summed E-state index contributed by atoms with van der Waals surface area (Å²) in [7, 11) is 5.55. The number of hydrogen-bond donors (Lipinski definition) is 2. The van der Waals surface area contributed by atoms with Crippen LogP contribution in [0.5, 0.6) is 5.75 Å². The predicted molar refractivity (Wildman–Crippen MR) is 120 cm³/mol. The number of methoxy groups -OCH3 is 1. The van der Waals surface area contributed by atoms with Gasteiger partial charge in [-0.3, -0.25) is 9.59 Å². The molecule has 2 amide bonds. The van der Waals surface area contributed by atoms with Crippen molar-refractivity contribution in [2.24, 2.45) is 5.92 Å². The number of rotatable bonds is 9. The molecule has 6 heteroatoms. The molecule has 2 N–H and O–H groups in total. The van der Waals surface area contributed by atoms with Crippen molar-refractivity contribution in [1.29, 1.82) is 0 Å². The highest BCUT2D eigenvalue weighted by Crippen LogP contribution is 2.18. The van der Waals surface area contributed by atoms with Crippen molar-refractivity contribution < 1.29 is 14.3 Å². The fourth-order valence-electron chi connectivity index (χ4n) is 3.20. The molecule has 0 aliphatic rings. The maximum absolute atomic E-state index is 12.9. The van der Waals surface area contributed by atoms with Crippen LogP contribution in [0.2, 0.25) is 0 Å². The Balaban J connectivity index is 2.04. The van der Waals surface area contributed by atoms with Crippen molar-refractivity contribution in [2.75, 3.05) is 27.7 Å². The lowest BCUT2D eigenvalue weighted by Crippen LogP contribution is -2.51. The minimum absolute atomic E-state index is 0.0413. The summed E-state index contributed by atoms with van der Waals surface area (Å²) >= 11 is 0. The van der Waals surface area contributed by atoms with E-state index >= 15 is 0 Å². The third kappa shape index (κ3) is 6.32. The lowest BCUT2D eigenvalue weighted by Gasteiger charge is -2.27. The zero-order chi connectivity index (χ0) is 22.3. The Morgan fingerprint density at radius 2 is 1.60 bits per heavy atom. The first-order valence-electron chi connectivity index (χ1n) is 10.2. The molecule has 0 aromatic heterocycles. The van der Waals surface area contributed by atoms with Gasteiger partial charge in [-0.2, -0.15) is 0 Å². The van der Waals surface area contributed by atoms with E-state index in [1.165, 1.54) is 5.56 Å². The average Bonchev–Trinajstić information content (AvgIpc) is 2.72. The second kappa shape index (κ2) is 10.8. The van der Waals surface area contributed by atoms with Gasteiger partial charge in [0.1, 0.15) is 11.8 Å². The Labute approximate surface area is 179 Å². The van der Waals surface area contributed by atoms with Gasteiger partial charge in [-0.25, -0.2) is 0 Å².